The molecular formula is C18H22ClN3O3. The third kappa shape index (κ3) is 3.65. The van der Waals surface area contributed by atoms with Gasteiger partial charge in [0.05, 0.1) is 24.4 Å². The van der Waals surface area contributed by atoms with Crippen molar-refractivity contribution < 1.29 is 14.3 Å². The van der Waals surface area contributed by atoms with Crippen LogP contribution in [0.4, 0.5) is 5.69 Å². The van der Waals surface area contributed by atoms with Crippen molar-refractivity contribution in [2.75, 3.05) is 25.5 Å². The smallest absolute Gasteiger partial charge is 0.356 e. The number of hydrogen-bond acceptors (Lipinski definition) is 4. The van der Waals surface area contributed by atoms with Crippen molar-refractivity contribution in [2.24, 2.45) is 0 Å². The van der Waals surface area contributed by atoms with Gasteiger partial charge in [0.15, 0.2) is 0 Å². The molecule has 2 aromatic rings. The van der Waals surface area contributed by atoms with Gasteiger partial charge in [-0.2, -0.15) is 0 Å². The van der Waals surface area contributed by atoms with E-state index in [1.165, 1.54) is 13.5 Å². The van der Waals surface area contributed by atoms with Crippen LogP contribution in [0.25, 0.3) is 10.9 Å². The molecule has 1 aliphatic rings. The zero-order valence-corrected chi connectivity index (χ0v) is 15.2. The molecule has 7 heteroatoms. The van der Waals surface area contributed by atoms with Gasteiger partial charge in [-0.3, -0.25) is 9.69 Å². The van der Waals surface area contributed by atoms with E-state index >= 15 is 0 Å². The molecule has 0 spiro atoms. The van der Waals surface area contributed by atoms with Crippen LogP contribution in [0.15, 0.2) is 18.2 Å². The number of piperidine rings is 1. The number of rotatable bonds is 4. The highest BCUT2D eigenvalue weighted by atomic mass is 35.5. The molecule has 1 amide bonds. The third-order valence-corrected chi connectivity index (χ3v) is 5.03. The van der Waals surface area contributed by atoms with Gasteiger partial charge in [0.1, 0.15) is 5.69 Å². The molecule has 0 aliphatic carbocycles. The summed E-state index contributed by atoms with van der Waals surface area (Å²) in [6, 6.07) is 5.69. The van der Waals surface area contributed by atoms with Crippen molar-refractivity contribution >= 4 is 40.1 Å². The number of halogens is 1. The van der Waals surface area contributed by atoms with Crippen LogP contribution in [-0.2, 0) is 9.53 Å². The lowest BCUT2D eigenvalue weighted by molar-refractivity contribution is -0.118. The van der Waals surface area contributed by atoms with Crippen molar-refractivity contribution in [3.8, 4) is 0 Å². The van der Waals surface area contributed by atoms with Crippen molar-refractivity contribution in [1.29, 1.82) is 0 Å². The molecule has 1 fully saturated rings. The van der Waals surface area contributed by atoms with Crippen LogP contribution in [-0.4, -0.2) is 48.0 Å². The number of ether oxygens (including phenoxy) is 1. The normalized spacial score (nSPS) is 18.3. The molecule has 1 atom stereocenters. The fraction of sp³-hybridized carbons (Fsp3) is 0.444. The van der Waals surface area contributed by atoms with E-state index < -0.39 is 5.97 Å². The SMILES string of the molecule is COC(=O)c1[nH]c2cccc(Cl)c2c1NC(=O)CN1CCCC[C@H]1C. The Morgan fingerprint density at radius 2 is 2.20 bits per heavy atom. The zero-order chi connectivity index (χ0) is 18.0. The van der Waals surface area contributed by atoms with Gasteiger partial charge >= 0.3 is 5.97 Å². The fourth-order valence-corrected chi connectivity index (χ4v) is 3.61. The van der Waals surface area contributed by atoms with Crippen molar-refractivity contribution in [3.63, 3.8) is 0 Å². The molecule has 0 saturated carbocycles. The number of hydrogen-bond donors (Lipinski definition) is 2. The Kier molecular flexibility index (Phi) is 5.30. The van der Waals surface area contributed by atoms with E-state index in [0.29, 0.717) is 34.2 Å². The molecule has 3 rings (SSSR count). The Hall–Kier alpha value is -2.05. The molecular weight excluding hydrogens is 342 g/mol. The van der Waals surface area contributed by atoms with Crippen LogP contribution in [0.3, 0.4) is 0 Å². The average Bonchev–Trinajstić information content (AvgIpc) is 2.96. The molecule has 6 nitrogen and oxygen atoms in total. The number of nitrogens with one attached hydrogen (secondary N) is 2. The van der Waals surface area contributed by atoms with Crippen LogP contribution < -0.4 is 5.32 Å². The van der Waals surface area contributed by atoms with E-state index in [9.17, 15) is 9.59 Å². The summed E-state index contributed by atoms with van der Waals surface area (Å²) in [5, 5.41) is 3.94. The minimum Gasteiger partial charge on any atom is -0.464 e. The summed E-state index contributed by atoms with van der Waals surface area (Å²) in [6.07, 6.45) is 3.40. The van der Waals surface area contributed by atoms with Crippen LogP contribution in [0.2, 0.25) is 5.02 Å². The number of fused-ring (bicyclic) bond motifs is 1. The molecule has 0 radical (unpaired) electrons. The first-order valence-corrected chi connectivity index (χ1v) is 8.81. The van der Waals surface area contributed by atoms with E-state index in [2.05, 4.69) is 22.1 Å². The number of anilines is 1. The van der Waals surface area contributed by atoms with Gasteiger partial charge in [0.2, 0.25) is 5.91 Å². The number of benzene rings is 1. The number of methoxy groups -OCH3 is 1. The minimum atomic E-state index is -0.547. The van der Waals surface area contributed by atoms with Crippen molar-refractivity contribution in [2.45, 2.75) is 32.2 Å². The standard InChI is InChI=1S/C18H22ClN3O3/c1-11-6-3-4-9-22(11)10-14(23)21-16-15-12(19)7-5-8-13(15)20-17(16)18(24)25-2/h5,7-8,11,20H,3-4,6,9-10H2,1-2H3,(H,21,23)/t11-/m1/s1. The van der Waals surface area contributed by atoms with Gasteiger partial charge in [-0.1, -0.05) is 24.1 Å². The van der Waals surface area contributed by atoms with E-state index in [0.717, 1.165) is 19.4 Å². The van der Waals surface area contributed by atoms with Gasteiger partial charge in [-0.25, -0.2) is 4.79 Å². The predicted molar refractivity (Wildman–Crippen MR) is 98.2 cm³/mol. The monoisotopic (exact) mass is 363 g/mol. The van der Waals surface area contributed by atoms with E-state index in [4.69, 9.17) is 16.3 Å². The summed E-state index contributed by atoms with van der Waals surface area (Å²) in [5.41, 5.74) is 1.25. The third-order valence-electron chi connectivity index (χ3n) is 4.71. The molecule has 1 aromatic heterocycles. The average molecular weight is 364 g/mol. The summed E-state index contributed by atoms with van der Waals surface area (Å²) in [4.78, 5) is 29.8. The summed E-state index contributed by atoms with van der Waals surface area (Å²) in [7, 11) is 1.30. The van der Waals surface area contributed by atoms with E-state index in [-0.39, 0.29) is 11.6 Å². The Balaban J connectivity index is 1.88. The number of amides is 1. The first kappa shape index (κ1) is 17.8. The molecule has 0 unspecified atom stereocenters. The Bertz CT molecular complexity index is 802. The summed E-state index contributed by atoms with van der Waals surface area (Å²) in [6.45, 7) is 3.33. The molecule has 25 heavy (non-hydrogen) atoms. The predicted octanol–water partition coefficient (Wildman–Crippen LogP) is 3.42. The Morgan fingerprint density at radius 1 is 1.40 bits per heavy atom. The van der Waals surface area contributed by atoms with Gasteiger partial charge in [-0.15, -0.1) is 0 Å². The number of esters is 1. The number of likely N-dealkylation sites (tertiary alicyclic amines) is 1. The Morgan fingerprint density at radius 3 is 2.92 bits per heavy atom. The summed E-state index contributed by atoms with van der Waals surface area (Å²) in [5.74, 6) is -0.714. The first-order valence-electron chi connectivity index (χ1n) is 8.43. The lowest BCUT2D eigenvalue weighted by Crippen LogP contribution is -2.42. The van der Waals surface area contributed by atoms with Crippen LogP contribution >= 0.6 is 11.6 Å². The summed E-state index contributed by atoms with van der Waals surface area (Å²) < 4.78 is 4.82. The molecule has 0 bridgehead atoms. The largest absolute Gasteiger partial charge is 0.464 e. The molecule has 1 aliphatic heterocycles. The quantitative estimate of drug-likeness (QED) is 0.816. The van der Waals surface area contributed by atoms with E-state index in [1.54, 1.807) is 18.2 Å². The van der Waals surface area contributed by atoms with Gasteiger partial charge in [0.25, 0.3) is 0 Å². The maximum atomic E-state index is 12.6. The lowest BCUT2D eigenvalue weighted by Gasteiger charge is -2.32. The second-order valence-electron chi connectivity index (χ2n) is 6.39. The molecule has 1 saturated heterocycles. The van der Waals surface area contributed by atoms with Gasteiger partial charge in [0, 0.05) is 16.9 Å². The molecule has 134 valence electrons. The summed E-state index contributed by atoms with van der Waals surface area (Å²) >= 11 is 6.29. The van der Waals surface area contributed by atoms with E-state index in [1.807, 2.05) is 0 Å². The highest BCUT2D eigenvalue weighted by molar-refractivity contribution is 6.37. The van der Waals surface area contributed by atoms with Crippen molar-refractivity contribution in [1.82, 2.24) is 9.88 Å². The second-order valence-corrected chi connectivity index (χ2v) is 6.80. The highest BCUT2D eigenvalue weighted by Crippen LogP contribution is 2.34. The number of carbonyl (C=O) groups excluding carboxylic acids is 2. The Labute approximate surface area is 151 Å². The second kappa shape index (κ2) is 7.45. The number of carbonyl (C=O) groups is 2. The molecule has 1 aromatic carbocycles. The van der Waals surface area contributed by atoms with Crippen molar-refractivity contribution in [3.05, 3.63) is 28.9 Å². The minimum absolute atomic E-state index is 0.167. The zero-order valence-electron chi connectivity index (χ0n) is 14.4. The maximum Gasteiger partial charge on any atom is 0.356 e. The van der Waals surface area contributed by atoms with Crippen LogP contribution in [0, 0.1) is 0 Å². The molecule has 2 N–H and O–H groups in total. The van der Waals surface area contributed by atoms with Gasteiger partial charge in [-0.05, 0) is 38.4 Å². The van der Waals surface area contributed by atoms with Crippen LogP contribution in [0.1, 0.15) is 36.7 Å². The maximum absolute atomic E-state index is 12.6. The van der Waals surface area contributed by atoms with Gasteiger partial charge < -0.3 is 15.0 Å². The number of H-pyrrole nitrogens is 1. The number of aromatic nitrogens is 1. The lowest BCUT2D eigenvalue weighted by atomic mass is 10.0. The number of aromatic amines is 1. The topological polar surface area (TPSA) is 74.4 Å². The molecule has 2 heterocycles. The fourth-order valence-electron chi connectivity index (χ4n) is 3.34. The highest BCUT2D eigenvalue weighted by Gasteiger charge is 2.24. The van der Waals surface area contributed by atoms with Crippen LogP contribution in [0.5, 0.6) is 0 Å². The number of nitrogens with zero attached hydrogens (tertiary/aromatic N) is 1. The first-order chi connectivity index (χ1) is 12.0.